The average molecular weight is 280 g/mol. The van der Waals surface area contributed by atoms with Gasteiger partial charge in [-0.2, -0.15) is 0 Å². The van der Waals surface area contributed by atoms with E-state index in [-0.39, 0.29) is 11.7 Å². The van der Waals surface area contributed by atoms with Crippen molar-refractivity contribution in [2.75, 3.05) is 20.0 Å². The smallest absolute Gasteiger partial charge is 0.316 e. The minimum atomic E-state index is -0.339. The second-order valence-electron chi connectivity index (χ2n) is 3.47. The van der Waals surface area contributed by atoms with E-state index >= 15 is 0 Å². The van der Waals surface area contributed by atoms with Crippen LogP contribution in [0.3, 0.4) is 0 Å². The van der Waals surface area contributed by atoms with Crippen molar-refractivity contribution < 1.29 is 18.7 Å². The molecule has 0 atom stereocenters. The van der Waals surface area contributed by atoms with Crippen LogP contribution in [0.1, 0.15) is 0 Å². The molecule has 7 heteroatoms. The number of esters is 1. The Bertz CT molecular complexity index is 553. The van der Waals surface area contributed by atoms with E-state index in [1.165, 1.54) is 7.11 Å². The van der Waals surface area contributed by atoms with E-state index in [2.05, 4.69) is 14.9 Å². The molecule has 0 aliphatic carbocycles. The number of nitrogens with zero attached hydrogens (tertiary/aromatic N) is 2. The molecule has 2 rings (SSSR count). The molecule has 1 heterocycles. The van der Waals surface area contributed by atoms with Gasteiger partial charge in [-0.25, -0.2) is 0 Å². The molecule has 19 heavy (non-hydrogen) atoms. The van der Waals surface area contributed by atoms with Gasteiger partial charge in [-0.1, -0.05) is 11.8 Å². The first-order valence-corrected chi connectivity index (χ1v) is 6.39. The Morgan fingerprint density at radius 3 is 2.63 bits per heavy atom. The number of carbonyl (C=O) groups is 1. The Kier molecular flexibility index (Phi) is 4.40. The number of hydrogen-bond donors (Lipinski definition) is 0. The van der Waals surface area contributed by atoms with Gasteiger partial charge in [0.2, 0.25) is 5.89 Å². The monoisotopic (exact) mass is 280 g/mol. The summed E-state index contributed by atoms with van der Waals surface area (Å²) in [5.41, 5.74) is 0.790. The lowest BCUT2D eigenvalue weighted by Crippen LogP contribution is -2.02. The predicted molar refractivity (Wildman–Crippen MR) is 69.0 cm³/mol. The number of thioether (sulfide) groups is 1. The SMILES string of the molecule is COC(=O)CSc1nnc(-c2ccc(OC)cc2)o1. The topological polar surface area (TPSA) is 74.5 Å². The van der Waals surface area contributed by atoms with Crippen LogP contribution >= 0.6 is 11.8 Å². The summed E-state index contributed by atoms with van der Waals surface area (Å²) in [6.07, 6.45) is 0. The highest BCUT2D eigenvalue weighted by Gasteiger charge is 2.11. The summed E-state index contributed by atoms with van der Waals surface area (Å²) in [6.45, 7) is 0. The maximum absolute atomic E-state index is 11.0. The van der Waals surface area contributed by atoms with Gasteiger partial charge in [-0.15, -0.1) is 10.2 Å². The molecular weight excluding hydrogens is 268 g/mol. The van der Waals surface area contributed by atoms with E-state index in [0.29, 0.717) is 11.1 Å². The second kappa shape index (κ2) is 6.24. The minimum absolute atomic E-state index is 0.140. The molecule has 0 N–H and O–H groups in total. The van der Waals surface area contributed by atoms with Crippen molar-refractivity contribution in [2.24, 2.45) is 0 Å². The van der Waals surface area contributed by atoms with Crippen LogP contribution in [0.15, 0.2) is 33.9 Å². The molecule has 0 radical (unpaired) electrons. The summed E-state index contributed by atoms with van der Waals surface area (Å²) in [4.78, 5) is 11.0. The minimum Gasteiger partial charge on any atom is -0.497 e. The summed E-state index contributed by atoms with van der Waals surface area (Å²) in [5, 5.41) is 8.09. The van der Waals surface area contributed by atoms with Crippen LogP contribution < -0.4 is 4.74 Å². The lowest BCUT2D eigenvalue weighted by Gasteiger charge is -1.99. The molecule has 1 aromatic heterocycles. The first kappa shape index (κ1) is 13.4. The Morgan fingerprint density at radius 1 is 1.26 bits per heavy atom. The lowest BCUT2D eigenvalue weighted by atomic mass is 10.2. The van der Waals surface area contributed by atoms with Gasteiger partial charge in [0.1, 0.15) is 11.5 Å². The number of rotatable bonds is 5. The molecule has 0 unspecified atom stereocenters. The van der Waals surface area contributed by atoms with Crippen LogP contribution in [0.25, 0.3) is 11.5 Å². The third-order valence-electron chi connectivity index (χ3n) is 2.28. The molecule has 0 aliphatic heterocycles. The maximum Gasteiger partial charge on any atom is 0.316 e. The molecule has 6 nitrogen and oxygen atoms in total. The van der Waals surface area contributed by atoms with Gasteiger partial charge in [-0.05, 0) is 24.3 Å². The fraction of sp³-hybridized carbons (Fsp3) is 0.250. The third-order valence-corrected chi connectivity index (χ3v) is 3.08. The largest absolute Gasteiger partial charge is 0.497 e. The number of benzene rings is 1. The number of aromatic nitrogens is 2. The Balaban J connectivity index is 2.05. The van der Waals surface area contributed by atoms with Gasteiger partial charge in [-0.3, -0.25) is 4.79 Å². The maximum atomic E-state index is 11.0. The summed E-state index contributed by atoms with van der Waals surface area (Å²) in [6, 6.07) is 7.25. The zero-order valence-corrected chi connectivity index (χ0v) is 11.3. The van der Waals surface area contributed by atoms with E-state index in [4.69, 9.17) is 9.15 Å². The molecule has 0 spiro atoms. The Hall–Kier alpha value is -2.02. The van der Waals surface area contributed by atoms with Crippen LogP contribution in [0, 0.1) is 0 Å². The highest BCUT2D eigenvalue weighted by molar-refractivity contribution is 7.99. The number of methoxy groups -OCH3 is 2. The highest BCUT2D eigenvalue weighted by Crippen LogP contribution is 2.24. The molecule has 0 aliphatic rings. The summed E-state index contributed by atoms with van der Waals surface area (Å²) >= 11 is 1.14. The predicted octanol–water partition coefficient (Wildman–Crippen LogP) is 2.01. The van der Waals surface area contributed by atoms with Crippen molar-refractivity contribution in [3.05, 3.63) is 24.3 Å². The van der Waals surface area contributed by atoms with Crippen LogP contribution in [0.4, 0.5) is 0 Å². The van der Waals surface area contributed by atoms with Gasteiger partial charge < -0.3 is 13.9 Å². The fourth-order valence-corrected chi connectivity index (χ4v) is 1.89. The molecular formula is C12H12N2O4S. The summed E-state index contributed by atoms with van der Waals surface area (Å²) < 4.78 is 15.0. The number of carbonyl (C=O) groups excluding carboxylic acids is 1. The zero-order valence-electron chi connectivity index (χ0n) is 10.5. The normalized spacial score (nSPS) is 10.2. The van der Waals surface area contributed by atoms with E-state index < -0.39 is 0 Å². The highest BCUT2D eigenvalue weighted by atomic mass is 32.2. The molecule has 0 saturated heterocycles. The zero-order chi connectivity index (χ0) is 13.7. The molecule has 0 amide bonds. The van der Waals surface area contributed by atoms with Crippen LogP contribution in [-0.4, -0.2) is 36.1 Å². The number of ether oxygens (including phenoxy) is 2. The second-order valence-corrected chi connectivity index (χ2v) is 4.39. The first-order chi connectivity index (χ1) is 9.22. The van der Waals surface area contributed by atoms with E-state index in [0.717, 1.165) is 23.1 Å². The quantitative estimate of drug-likeness (QED) is 0.612. The molecule has 0 fully saturated rings. The Labute approximate surface area is 114 Å². The van der Waals surface area contributed by atoms with Crippen LogP contribution in [0.2, 0.25) is 0 Å². The summed E-state index contributed by atoms with van der Waals surface area (Å²) in [5.74, 6) is 0.952. The van der Waals surface area contributed by atoms with E-state index in [9.17, 15) is 4.79 Å². The standard InChI is InChI=1S/C12H12N2O4S/c1-16-9-5-3-8(4-6-9)11-13-14-12(18-11)19-7-10(15)17-2/h3-6H,7H2,1-2H3. The van der Waals surface area contributed by atoms with Gasteiger partial charge in [0.25, 0.3) is 5.22 Å². The van der Waals surface area contributed by atoms with Crippen molar-refractivity contribution >= 4 is 17.7 Å². The van der Waals surface area contributed by atoms with Crippen molar-refractivity contribution in [1.82, 2.24) is 10.2 Å². The van der Waals surface area contributed by atoms with E-state index in [1.807, 2.05) is 12.1 Å². The van der Waals surface area contributed by atoms with Gasteiger partial charge in [0.05, 0.1) is 14.2 Å². The van der Waals surface area contributed by atoms with Crippen molar-refractivity contribution in [1.29, 1.82) is 0 Å². The molecule has 2 aromatic rings. The van der Waals surface area contributed by atoms with Gasteiger partial charge in [0.15, 0.2) is 0 Å². The fourth-order valence-electron chi connectivity index (χ4n) is 1.30. The summed E-state index contributed by atoms with van der Waals surface area (Å²) in [7, 11) is 2.93. The molecule has 1 aromatic carbocycles. The van der Waals surface area contributed by atoms with Crippen molar-refractivity contribution in [3.8, 4) is 17.2 Å². The average Bonchev–Trinajstić information content (AvgIpc) is 2.93. The van der Waals surface area contributed by atoms with Crippen LogP contribution in [0.5, 0.6) is 5.75 Å². The molecule has 0 bridgehead atoms. The Morgan fingerprint density at radius 2 is 2.00 bits per heavy atom. The van der Waals surface area contributed by atoms with E-state index in [1.54, 1.807) is 19.2 Å². The van der Waals surface area contributed by atoms with Gasteiger partial charge in [0, 0.05) is 5.56 Å². The third kappa shape index (κ3) is 3.47. The van der Waals surface area contributed by atoms with Gasteiger partial charge >= 0.3 is 5.97 Å². The lowest BCUT2D eigenvalue weighted by molar-refractivity contribution is -0.137. The number of hydrogen-bond acceptors (Lipinski definition) is 7. The van der Waals surface area contributed by atoms with Crippen molar-refractivity contribution in [3.63, 3.8) is 0 Å². The molecule has 100 valence electrons. The van der Waals surface area contributed by atoms with Crippen molar-refractivity contribution in [2.45, 2.75) is 5.22 Å². The first-order valence-electron chi connectivity index (χ1n) is 5.40. The molecule has 0 saturated carbocycles. The van der Waals surface area contributed by atoms with Crippen LogP contribution in [-0.2, 0) is 9.53 Å².